The highest BCUT2D eigenvalue weighted by Crippen LogP contribution is 2.39. The van der Waals surface area contributed by atoms with Crippen molar-refractivity contribution in [1.82, 2.24) is 4.90 Å². The van der Waals surface area contributed by atoms with E-state index in [2.05, 4.69) is 9.89 Å². The second-order valence-corrected chi connectivity index (χ2v) is 9.86. The Balaban J connectivity index is 1.63. The first kappa shape index (κ1) is 19.7. The minimum Gasteiger partial charge on any atom is -0.365 e. The van der Waals surface area contributed by atoms with Crippen molar-refractivity contribution in [3.05, 3.63) is 65.0 Å². The van der Waals surface area contributed by atoms with Crippen LogP contribution in [0, 0.1) is 5.82 Å². The molecule has 1 atom stereocenters. The third kappa shape index (κ3) is 4.38. The lowest BCUT2D eigenvalue weighted by Gasteiger charge is -2.28. The Bertz CT molecular complexity index is 1070. The molecule has 0 saturated carbocycles. The fourth-order valence-electron chi connectivity index (χ4n) is 3.89. The van der Waals surface area contributed by atoms with Crippen molar-refractivity contribution in [3.8, 4) is 0 Å². The molecule has 0 aromatic heterocycles. The molecule has 2 aliphatic rings. The lowest BCUT2D eigenvalue weighted by Crippen LogP contribution is -2.39. The number of hydrogen-bond acceptors (Lipinski definition) is 5. The molecule has 152 valence electrons. The highest BCUT2D eigenvalue weighted by Gasteiger charge is 2.27. The zero-order chi connectivity index (χ0) is 20.6. The molecule has 1 fully saturated rings. The molecule has 1 saturated heterocycles. The summed E-state index contributed by atoms with van der Waals surface area (Å²) in [5, 5.41) is 0. The van der Waals surface area contributed by atoms with Gasteiger partial charge in [-0.1, -0.05) is 24.3 Å². The molecule has 0 radical (unpaired) electrons. The first-order valence-corrected chi connectivity index (χ1v) is 11.3. The number of halogens is 1. The average molecular weight is 415 g/mol. The zero-order valence-electron chi connectivity index (χ0n) is 15.8. The monoisotopic (exact) mass is 415 g/mol. The van der Waals surface area contributed by atoms with Crippen molar-refractivity contribution < 1.29 is 17.6 Å². The van der Waals surface area contributed by atoms with Crippen molar-refractivity contribution in [2.45, 2.75) is 18.9 Å². The molecular weight excluding hydrogens is 393 g/mol. The van der Waals surface area contributed by atoms with Crippen LogP contribution in [-0.2, 0) is 21.2 Å². The highest BCUT2D eigenvalue weighted by molar-refractivity contribution is 7.91. The van der Waals surface area contributed by atoms with Crippen LogP contribution in [0.2, 0.25) is 0 Å². The largest absolute Gasteiger partial charge is 0.365 e. The van der Waals surface area contributed by atoms with Gasteiger partial charge >= 0.3 is 0 Å². The van der Waals surface area contributed by atoms with Crippen LogP contribution in [0.1, 0.15) is 29.0 Å². The number of primary amides is 1. The Morgan fingerprint density at radius 2 is 1.83 bits per heavy atom. The fourth-order valence-corrected chi connectivity index (χ4v) is 5.17. The van der Waals surface area contributed by atoms with E-state index in [0.29, 0.717) is 37.5 Å². The van der Waals surface area contributed by atoms with E-state index in [1.807, 2.05) is 18.2 Å². The van der Waals surface area contributed by atoms with E-state index in [1.54, 1.807) is 12.1 Å². The molecule has 29 heavy (non-hydrogen) atoms. The van der Waals surface area contributed by atoms with Crippen molar-refractivity contribution in [3.63, 3.8) is 0 Å². The summed E-state index contributed by atoms with van der Waals surface area (Å²) in [5.41, 5.74) is 9.35. The van der Waals surface area contributed by atoms with Crippen LogP contribution in [0.25, 0.3) is 0 Å². The fraction of sp³-hybridized carbons (Fsp3) is 0.333. The smallest absolute Gasteiger partial charge is 0.263 e. The summed E-state index contributed by atoms with van der Waals surface area (Å²) in [5.74, 6) is -0.648. The second-order valence-electron chi connectivity index (χ2n) is 7.55. The lowest BCUT2D eigenvalue weighted by molar-refractivity contribution is -0.112. The summed E-state index contributed by atoms with van der Waals surface area (Å²) in [4.78, 5) is 18.4. The van der Waals surface area contributed by atoms with Crippen molar-refractivity contribution >= 4 is 27.1 Å². The number of fused-ring (bicyclic) bond motifs is 1. The Morgan fingerprint density at radius 3 is 2.48 bits per heavy atom. The Morgan fingerprint density at radius 1 is 1.14 bits per heavy atom. The molecule has 2 N–H and O–H groups in total. The van der Waals surface area contributed by atoms with Gasteiger partial charge in [-0.05, 0) is 34.9 Å². The van der Waals surface area contributed by atoms with Crippen LogP contribution >= 0.6 is 0 Å². The van der Waals surface area contributed by atoms with E-state index in [0.717, 1.165) is 16.7 Å². The number of nitrogens with two attached hydrogens (primary N) is 1. The Kier molecular flexibility index (Phi) is 5.23. The molecule has 6 nitrogen and oxygen atoms in total. The predicted molar refractivity (Wildman–Crippen MR) is 110 cm³/mol. The van der Waals surface area contributed by atoms with E-state index in [-0.39, 0.29) is 23.2 Å². The van der Waals surface area contributed by atoms with E-state index in [9.17, 15) is 17.6 Å². The molecule has 1 amide bonds. The van der Waals surface area contributed by atoms with Crippen molar-refractivity contribution in [2.75, 3.05) is 24.6 Å². The molecule has 2 aliphatic heterocycles. The molecule has 0 spiro atoms. The summed E-state index contributed by atoms with van der Waals surface area (Å²) in [6.07, 6.45) is 0.372. The van der Waals surface area contributed by atoms with Crippen molar-refractivity contribution in [1.29, 1.82) is 0 Å². The molecular formula is C21H22FN3O3S. The molecule has 8 heteroatoms. The SMILES string of the molecule is NC(=O)C1=Nc2cc(CN3CCS(=O)(=O)CC3)ccc2C(c2ccc(F)cc2)C1. The van der Waals surface area contributed by atoms with Crippen LogP contribution in [0.3, 0.4) is 0 Å². The van der Waals surface area contributed by atoms with Gasteiger partial charge in [0.25, 0.3) is 5.91 Å². The van der Waals surface area contributed by atoms with Gasteiger partial charge in [-0.2, -0.15) is 0 Å². The van der Waals surface area contributed by atoms with E-state index < -0.39 is 15.7 Å². The maximum Gasteiger partial charge on any atom is 0.263 e. The van der Waals surface area contributed by atoms with Crippen LogP contribution in [0.5, 0.6) is 0 Å². The standard InChI is InChI=1S/C21H22FN3O3S/c22-16-4-2-15(3-5-16)18-12-20(21(23)26)24-19-11-14(1-6-17(18)19)13-25-7-9-29(27,28)10-8-25/h1-6,11,18H,7-10,12-13H2,(H2,23,26). The van der Waals surface area contributed by atoms with Gasteiger partial charge in [-0.3, -0.25) is 9.69 Å². The summed E-state index contributed by atoms with van der Waals surface area (Å²) >= 11 is 0. The van der Waals surface area contributed by atoms with Gasteiger partial charge in [0, 0.05) is 32.0 Å². The van der Waals surface area contributed by atoms with Gasteiger partial charge in [0.15, 0.2) is 9.84 Å². The maximum absolute atomic E-state index is 13.3. The number of hydrogen-bond donors (Lipinski definition) is 1. The van der Waals surface area contributed by atoms with Gasteiger partial charge in [0.1, 0.15) is 11.5 Å². The van der Waals surface area contributed by atoms with Gasteiger partial charge in [-0.15, -0.1) is 0 Å². The molecule has 2 aromatic rings. The first-order chi connectivity index (χ1) is 13.8. The summed E-state index contributed by atoms with van der Waals surface area (Å²) in [7, 11) is -2.92. The topological polar surface area (TPSA) is 92.8 Å². The van der Waals surface area contributed by atoms with Crippen LogP contribution in [0.15, 0.2) is 47.5 Å². The predicted octanol–water partition coefficient (Wildman–Crippen LogP) is 2.15. The quantitative estimate of drug-likeness (QED) is 0.828. The molecule has 2 heterocycles. The molecule has 0 aliphatic carbocycles. The molecule has 0 bridgehead atoms. The van der Waals surface area contributed by atoms with Crippen LogP contribution in [-0.4, -0.2) is 49.5 Å². The van der Waals surface area contributed by atoms with Crippen LogP contribution < -0.4 is 5.73 Å². The summed E-state index contributed by atoms with van der Waals surface area (Å²) in [6, 6.07) is 12.2. The number of amides is 1. The zero-order valence-corrected chi connectivity index (χ0v) is 16.7. The number of aliphatic imine (C=N–C) groups is 1. The van der Waals surface area contributed by atoms with E-state index >= 15 is 0 Å². The Hall–Kier alpha value is -2.58. The van der Waals surface area contributed by atoms with E-state index in [1.165, 1.54) is 12.1 Å². The number of nitrogens with zero attached hydrogens (tertiary/aromatic N) is 2. The molecule has 4 rings (SSSR count). The number of benzene rings is 2. The molecule has 2 aromatic carbocycles. The maximum atomic E-state index is 13.3. The Labute approximate surface area is 169 Å². The third-order valence-electron chi connectivity index (χ3n) is 5.52. The molecule has 1 unspecified atom stereocenters. The average Bonchev–Trinajstić information content (AvgIpc) is 2.69. The van der Waals surface area contributed by atoms with Gasteiger partial charge in [0.05, 0.1) is 17.2 Å². The van der Waals surface area contributed by atoms with Crippen molar-refractivity contribution in [2.24, 2.45) is 10.7 Å². The number of carbonyl (C=O) groups is 1. The summed E-state index contributed by atoms with van der Waals surface area (Å²) in [6.45, 7) is 1.63. The number of carbonyl (C=O) groups excluding carboxylic acids is 1. The number of sulfone groups is 1. The normalized spacial score (nSPS) is 21.3. The minimum absolute atomic E-state index is 0.125. The lowest BCUT2D eigenvalue weighted by atomic mass is 9.83. The van der Waals surface area contributed by atoms with Gasteiger partial charge in [-0.25, -0.2) is 17.8 Å². The number of rotatable bonds is 4. The van der Waals surface area contributed by atoms with Gasteiger partial charge in [0.2, 0.25) is 0 Å². The van der Waals surface area contributed by atoms with Gasteiger partial charge < -0.3 is 5.73 Å². The minimum atomic E-state index is -2.92. The third-order valence-corrected chi connectivity index (χ3v) is 7.13. The van der Waals surface area contributed by atoms with Crippen LogP contribution in [0.4, 0.5) is 10.1 Å². The summed E-state index contributed by atoms with van der Waals surface area (Å²) < 4.78 is 36.6. The second kappa shape index (κ2) is 7.68. The van der Waals surface area contributed by atoms with E-state index in [4.69, 9.17) is 5.73 Å². The highest BCUT2D eigenvalue weighted by atomic mass is 32.2. The first-order valence-electron chi connectivity index (χ1n) is 9.49.